The standard InChI is InChI=1S/C32H41N7O3/c1-20-11-13-22(14-12-20)18-39-27-26(24-10-6-7-21(2)17-24)33-29(30-36-32(40)42-37-30)34-28(27)35-31(39)38-15-16-41-19-25(38)23-8-4-3-5-9-23/h3-5,8-9,20-22,24-25H,6-7,10-19H2,1-2H3,(H,36,37,40)/t20?,21?,22?,24?,25-/m0/s1. The number of H-pyrrole nitrogens is 1. The number of aromatic amines is 1. The number of aromatic nitrogens is 6. The van der Waals surface area contributed by atoms with E-state index >= 15 is 0 Å². The molecule has 1 aromatic carbocycles. The molecule has 2 saturated carbocycles. The maximum Gasteiger partial charge on any atom is 0.439 e. The van der Waals surface area contributed by atoms with E-state index in [4.69, 9.17) is 24.2 Å². The van der Waals surface area contributed by atoms with Gasteiger partial charge in [-0.3, -0.25) is 9.51 Å². The van der Waals surface area contributed by atoms with Crippen molar-refractivity contribution in [3.05, 3.63) is 52.1 Å². The largest absolute Gasteiger partial charge is 0.439 e. The van der Waals surface area contributed by atoms with Crippen LogP contribution in [0, 0.1) is 17.8 Å². The Kier molecular flexibility index (Phi) is 7.56. The highest BCUT2D eigenvalue weighted by molar-refractivity contribution is 5.80. The second kappa shape index (κ2) is 11.6. The second-order valence-electron chi connectivity index (χ2n) is 12.9. The minimum atomic E-state index is -0.613. The second-order valence-corrected chi connectivity index (χ2v) is 12.9. The summed E-state index contributed by atoms with van der Waals surface area (Å²) in [5.74, 6) is 3.23. The molecule has 2 unspecified atom stereocenters. The Hall–Kier alpha value is -3.53. The van der Waals surface area contributed by atoms with Gasteiger partial charge in [0.2, 0.25) is 17.6 Å². The number of imidazole rings is 1. The van der Waals surface area contributed by atoms with Gasteiger partial charge in [-0.15, -0.1) is 0 Å². The molecule has 3 aliphatic rings. The van der Waals surface area contributed by atoms with Crippen LogP contribution in [0.2, 0.25) is 0 Å². The molecule has 10 heteroatoms. The van der Waals surface area contributed by atoms with Gasteiger partial charge in [-0.1, -0.05) is 75.0 Å². The van der Waals surface area contributed by atoms with Gasteiger partial charge in [0.05, 0.1) is 24.9 Å². The molecule has 10 nitrogen and oxygen atoms in total. The van der Waals surface area contributed by atoms with Crippen LogP contribution in [-0.2, 0) is 11.3 Å². The van der Waals surface area contributed by atoms with Crippen molar-refractivity contribution >= 4 is 17.1 Å². The number of nitrogens with zero attached hydrogens (tertiary/aromatic N) is 6. The fourth-order valence-electron chi connectivity index (χ4n) is 7.41. The molecule has 7 rings (SSSR count). The molecule has 3 fully saturated rings. The molecule has 0 radical (unpaired) electrons. The number of morpholine rings is 1. The van der Waals surface area contributed by atoms with Gasteiger partial charge in [-0.2, -0.15) is 4.98 Å². The number of hydrogen-bond donors (Lipinski definition) is 1. The molecule has 3 aromatic heterocycles. The number of ether oxygens (including phenoxy) is 1. The fraction of sp³-hybridized carbons (Fsp3) is 0.594. The first kappa shape index (κ1) is 27.3. The van der Waals surface area contributed by atoms with Crippen LogP contribution in [0.5, 0.6) is 0 Å². The predicted molar refractivity (Wildman–Crippen MR) is 160 cm³/mol. The molecular formula is C32H41N7O3. The Labute approximate surface area is 245 Å². The summed E-state index contributed by atoms with van der Waals surface area (Å²) in [7, 11) is 0. The number of benzene rings is 1. The van der Waals surface area contributed by atoms with Crippen molar-refractivity contribution in [1.82, 2.24) is 29.7 Å². The lowest BCUT2D eigenvalue weighted by atomic mass is 9.80. The molecule has 1 aliphatic heterocycles. The summed E-state index contributed by atoms with van der Waals surface area (Å²) in [5.41, 5.74) is 3.94. The summed E-state index contributed by atoms with van der Waals surface area (Å²) in [5, 5.41) is 3.94. The molecule has 0 bridgehead atoms. The van der Waals surface area contributed by atoms with Crippen LogP contribution >= 0.6 is 0 Å². The van der Waals surface area contributed by atoms with Crippen LogP contribution in [0.4, 0.5) is 5.95 Å². The Balaban J connectivity index is 1.41. The molecule has 42 heavy (non-hydrogen) atoms. The van der Waals surface area contributed by atoms with E-state index in [1.165, 1.54) is 44.1 Å². The molecule has 3 atom stereocenters. The van der Waals surface area contributed by atoms with Gasteiger partial charge in [0.1, 0.15) is 5.52 Å². The minimum Gasteiger partial charge on any atom is -0.377 e. The van der Waals surface area contributed by atoms with E-state index in [0.29, 0.717) is 42.4 Å². The molecule has 1 saturated heterocycles. The van der Waals surface area contributed by atoms with E-state index in [9.17, 15) is 4.79 Å². The van der Waals surface area contributed by atoms with Gasteiger partial charge in [-0.25, -0.2) is 14.8 Å². The van der Waals surface area contributed by atoms with E-state index in [1.54, 1.807) is 0 Å². The molecular weight excluding hydrogens is 530 g/mol. The predicted octanol–water partition coefficient (Wildman–Crippen LogP) is 5.87. The topological polar surface area (TPSA) is 115 Å². The summed E-state index contributed by atoms with van der Waals surface area (Å²) in [6, 6.07) is 10.6. The van der Waals surface area contributed by atoms with Gasteiger partial charge >= 0.3 is 5.76 Å². The fourth-order valence-corrected chi connectivity index (χ4v) is 7.41. The van der Waals surface area contributed by atoms with E-state index in [-0.39, 0.29) is 11.9 Å². The normalized spacial score (nSPS) is 27.0. The lowest BCUT2D eigenvalue weighted by Crippen LogP contribution is -2.41. The molecule has 2 aliphatic carbocycles. The SMILES string of the molecule is CC1CCC(Cn2c(N3CCOC[C@H]3c3ccccc3)nc3nc(-c4noc(=O)[nH]4)nc(C4CCCC(C)C4)c32)CC1. The number of rotatable bonds is 6. The number of anilines is 1. The van der Waals surface area contributed by atoms with Gasteiger partial charge in [0.15, 0.2) is 5.65 Å². The molecule has 222 valence electrons. The highest BCUT2D eigenvalue weighted by Gasteiger charge is 2.34. The quantitative estimate of drug-likeness (QED) is 0.306. The van der Waals surface area contributed by atoms with Crippen LogP contribution in [0.15, 0.2) is 39.6 Å². The molecule has 4 heterocycles. The highest BCUT2D eigenvalue weighted by atomic mass is 16.5. The van der Waals surface area contributed by atoms with Crippen molar-refractivity contribution < 1.29 is 9.26 Å². The average Bonchev–Trinajstić information content (AvgIpc) is 3.62. The van der Waals surface area contributed by atoms with Gasteiger partial charge < -0.3 is 14.2 Å². The lowest BCUT2D eigenvalue weighted by Gasteiger charge is -2.37. The van der Waals surface area contributed by atoms with Crippen LogP contribution in [0.1, 0.15) is 88.4 Å². The lowest BCUT2D eigenvalue weighted by molar-refractivity contribution is 0.0927. The monoisotopic (exact) mass is 571 g/mol. The first-order chi connectivity index (χ1) is 20.5. The number of hydrogen-bond acceptors (Lipinski definition) is 8. The van der Waals surface area contributed by atoms with Crippen molar-refractivity contribution in [2.75, 3.05) is 24.7 Å². The third-order valence-corrected chi connectivity index (χ3v) is 9.73. The van der Waals surface area contributed by atoms with Crippen LogP contribution in [-0.4, -0.2) is 49.4 Å². The number of nitrogens with one attached hydrogen (secondary N) is 1. The first-order valence-electron chi connectivity index (χ1n) is 15.8. The van der Waals surface area contributed by atoms with Gasteiger partial charge in [0, 0.05) is 19.0 Å². The summed E-state index contributed by atoms with van der Waals surface area (Å²) in [6.07, 6.45) is 9.55. The highest BCUT2D eigenvalue weighted by Crippen LogP contribution is 2.41. The zero-order valence-electron chi connectivity index (χ0n) is 24.7. The first-order valence-corrected chi connectivity index (χ1v) is 15.8. The van der Waals surface area contributed by atoms with E-state index in [0.717, 1.165) is 49.0 Å². The van der Waals surface area contributed by atoms with Crippen molar-refractivity contribution in [2.24, 2.45) is 17.8 Å². The third-order valence-electron chi connectivity index (χ3n) is 9.73. The minimum absolute atomic E-state index is 0.0550. The third kappa shape index (κ3) is 5.37. The summed E-state index contributed by atoms with van der Waals surface area (Å²) >= 11 is 0. The summed E-state index contributed by atoms with van der Waals surface area (Å²) in [6.45, 7) is 7.62. The van der Waals surface area contributed by atoms with Crippen molar-refractivity contribution in [2.45, 2.75) is 83.7 Å². The van der Waals surface area contributed by atoms with Crippen LogP contribution in [0.25, 0.3) is 22.8 Å². The van der Waals surface area contributed by atoms with E-state index < -0.39 is 5.76 Å². The number of fused-ring (bicyclic) bond motifs is 1. The maximum atomic E-state index is 11.9. The summed E-state index contributed by atoms with van der Waals surface area (Å²) < 4.78 is 13.3. The van der Waals surface area contributed by atoms with Gasteiger partial charge in [-0.05, 0) is 49.0 Å². The van der Waals surface area contributed by atoms with Crippen LogP contribution < -0.4 is 10.7 Å². The van der Waals surface area contributed by atoms with Crippen LogP contribution in [0.3, 0.4) is 0 Å². The zero-order valence-corrected chi connectivity index (χ0v) is 24.7. The zero-order chi connectivity index (χ0) is 28.6. The van der Waals surface area contributed by atoms with Crippen molar-refractivity contribution in [3.8, 4) is 11.6 Å². The Morgan fingerprint density at radius 3 is 2.57 bits per heavy atom. The molecule has 0 spiro atoms. The Bertz CT molecular complexity index is 1570. The smallest absolute Gasteiger partial charge is 0.377 e. The summed E-state index contributed by atoms with van der Waals surface area (Å²) in [4.78, 5) is 32.3. The average molecular weight is 572 g/mol. The molecule has 1 N–H and O–H groups in total. The molecule has 0 amide bonds. The Morgan fingerprint density at radius 1 is 0.976 bits per heavy atom. The Morgan fingerprint density at radius 2 is 1.81 bits per heavy atom. The van der Waals surface area contributed by atoms with E-state index in [2.05, 4.69) is 63.8 Å². The van der Waals surface area contributed by atoms with Crippen molar-refractivity contribution in [1.29, 1.82) is 0 Å². The maximum absolute atomic E-state index is 11.9. The van der Waals surface area contributed by atoms with Gasteiger partial charge in [0.25, 0.3) is 0 Å². The van der Waals surface area contributed by atoms with E-state index in [1.807, 2.05) is 0 Å². The molecule has 4 aromatic rings. The van der Waals surface area contributed by atoms with Crippen molar-refractivity contribution in [3.63, 3.8) is 0 Å².